The Morgan fingerprint density at radius 2 is 1.65 bits per heavy atom. The molecule has 1 fully saturated rings. The minimum atomic E-state index is -0.124. The smallest absolute Gasteiger partial charge is 0.289 e. The highest BCUT2D eigenvalue weighted by Gasteiger charge is 2.25. The Kier molecular flexibility index (Phi) is 4.32. The van der Waals surface area contributed by atoms with Gasteiger partial charge in [0.25, 0.3) is 5.91 Å². The predicted molar refractivity (Wildman–Crippen MR) is 85.7 cm³/mol. The van der Waals surface area contributed by atoms with Crippen molar-refractivity contribution in [3.8, 4) is 0 Å². The first-order chi connectivity index (χ1) is 11.1. The van der Waals surface area contributed by atoms with E-state index < -0.39 is 0 Å². The average molecular weight is 313 g/mol. The van der Waals surface area contributed by atoms with E-state index in [1.54, 1.807) is 34.1 Å². The SMILES string of the molecule is Nc1ccc(CC(=O)N2CCN(C(=O)c3ccco3)CC2)cc1. The number of hydrogen-bond donors (Lipinski definition) is 1. The number of carbonyl (C=O) groups is 2. The Bertz CT molecular complexity index is 672. The number of anilines is 1. The quantitative estimate of drug-likeness (QED) is 0.868. The molecule has 3 rings (SSSR count). The summed E-state index contributed by atoms with van der Waals surface area (Å²) in [5.41, 5.74) is 7.27. The van der Waals surface area contributed by atoms with Gasteiger partial charge in [-0.1, -0.05) is 12.1 Å². The normalized spacial score (nSPS) is 14.8. The summed E-state index contributed by atoms with van der Waals surface area (Å²) in [5.74, 6) is 0.284. The van der Waals surface area contributed by atoms with Crippen LogP contribution in [0.3, 0.4) is 0 Å². The molecule has 0 saturated carbocycles. The highest BCUT2D eigenvalue weighted by Crippen LogP contribution is 2.12. The van der Waals surface area contributed by atoms with Gasteiger partial charge in [-0.3, -0.25) is 9.59 Å². The lowest BCUT2D eigenvalue weighted by Crippen LogP contribution is -2.50. The summed E-state index contributed by atoms with van der Waals surface area (Å²) in [4.78, 5) is 28.0. The number of carbonyl (C=O) groups excluding carboxylic acids is 2. The second-order valence-corrected chi connectivity index (χ2v) is 5.57. The Labute approximate surface area is 134 Å². The van der Waals surface area contributed by atoms with Crippen LogP contribution in [0.15, 0.2) is 47.1 Å². The number of benzene rings is 1. The number of amides is 2. The van der Waals surface area contributed by atoms with Crippen LogP contribution >= 0.6 is 0 Å². The summed E-state index contributed by atoms with van der Waals surface area (Å²) in [6.07, 6.45) is 1.84. The molecular weight excluding hydrogens is 294 g/mol. The summed E-state index contributed by atoms with van der Waals surface area (Å²) >= 11 is 0. The van der Waals surface area contributed by atoms with Crippen LogP contribution in [0, 0.1) is 0 Å². The van der Waals surface area contributed by atoms with E-state index in [-0.39, 0.29) is 11.8 Å². The van der Waals surface area contributed by atoms with E-state index >= 15 is 0 Å². The molecule has 1 aliphatic rings. The second-order valence-electron chi connectivity index (χ2n) is 5.57. The number of piperazine rings is 1. The van der Waals surface area contributed by atoms with Gasteiger partial charge in [0.1, 0.15) is 0 Å². The molecule has 1 aromatic carbocycles. The zero-order valence-electron chi connectivity index (χ0n) is 12.8. The van der Waals surface area contributed by atoms with Crippen molar-refractivity contribution in [2.45, 2.75) is 6.42 Å². The van der Waals surface area contributed by atoms with Crippen molar-refractivity contribution < 1.29 is 14.0 Å². The van der Waals surface area contributed by atoms with Crippen LogP contribution in [0.4, 0.5) is 5.69 Å². The number of nitrogens with two attached hydrogens (primary N) is 1. The lowest BCUT2D eigenvalue weighted by Gasteiger charge is -2.34. The second kappa shape index (κ2) is 6.56. The maximum atomic E-state index is 12.3. The van der Waals surface area contributed by atoms with Gasteiger partial charge in [0.2, 0.25) is 5.91 Å². The van der Waals surface area contributed by atoms with Gasteiger partial charge in [0.15, 0.2) is 5.76 Å². The van der Waals surface area contributed by atoms with Crippen LogP contribution in [0.5, 0.6) is 0 Å². The van der Waals surface area contributed by atoms with Crippen LogP contribution in [0.2, 0.25) is 0 Å². The van der Waals surface area contributed by atoms with Crippen molar-refractivity contribution in [1.82, 2.24) is 9.80 Å². The monoisotopic (exact) mass is 313 g/mol. The molecule has 0 radical (unpaired) electrons. The maximum Gasteiger partial charge on any atom is 0.289 e. The molecular formula is C17H19N3O3. The third kappa shape index (κ3) is 3.53. The lowest BCUT2D eigenvalue weighted by molar-refractivity contribution is -0.131. The summed E-state index contributed by atoms with van der Waals surface area (Å²) in [5, 5.41) is 0. The first-order valence-electron chi connectivity index (χ1n) is 7.58. The number of hydrogen-bond acceptors (Lipinski definition) is 4. The molecule has 2 aromatic rings. The molecule has 1 aliphatic heterocycles. The third-order valence-corrected chi connectivity index (χ3v) is 3.99. The van der Waals surface area contributed by atoms with E-state index in [2.05, 4.69) is 0 Å². The van der Waals surface area contributed by atoms with Crippen LogP contribution in [0.1, 0.15) is 16.1 Å². The molecule has 0 aliphatic carbocycles. The van der Waals surface area contributed by atoms with Gasteiger partial charge < -0.3 is 20.0 Å². The van der Waals surface area contributed by atoms with E-state index in [0.717, 1.165) is 5.56 Å². The molecule has 1 saturated heterocycles. The first kappa shape index (κ1) is 15.1. The highest BCUT2D eigenvalue weighted by atomic mass is 16.3. The van der Waals surface area contributed by atoms with Crippen molar-refractivity contribution in [3.05, 3.63) is 54.0 Å². The summed E-state index contributed by atoms with van der Waals surface area (Å²) in [7, 11) is 0. The molecule has 6 nitrogen and oxygen atoms in total. The average Bonchev–Trinajstić information content (AvgIpc) is 3.11. The number of nitrogen functional groups attached to an aromatic ring is 1. The van der Waals surface area contributed by atoms with Crippen molar-refractivity contribution >= 4 is 17.5 Å². The molecule has 120 valence electrons. The molecule has 0 bridgehead atoms. The number of rotatable bonds is 3. The van der Waals surface area contributed by atoms with E-state index in [9.17, 15) is 9.59 Å². The van der Waals surface area contributed by atoms with E-state index in [1.807, 2.05) is 12.1 Å². The lowest BCUT2D eigenvalue weighted by atomic mass is 10.1. The summed E-state index contributed by atoms with van der Waals surface area (Å²) < 4.78 is 5.13. The van der Waals surface area contributed by atoms with Gasteiger partial charge in [-0.05, 0) is 29.8 Å². The van der Waals surface area contributed by atoms with Crippen LogP contribution in [-0.2, 0) is 11.2 Å². The first-order valence-corrected chi connectivity index (χ1v) is 7.58. The Hall–Kier alpha value is -2.76. The fourth-order valence-electron chi connectivity index (χ4n) is 2.64. The van der Waals surface area contributed by atoms with Gasteiger partial charge >= 0.3 is 0 Å². The van der Waals surface area contributed by atoms with Crippen molar-refractivity contribution in [2.75, 3.05) is 31.9 Å². The van der Waals surface area contributed by atoms with Crippen LogP contribution in [0.25, 0.3) is 0 Å². The summed E-state index contributed by atoms with van der Waals surface area (Å²) in [6, 6.07) is 10.7. The molecule has 2 heterocycles. The molecule has 0 unspecified atom stereocenters. The van der Waals surface area contributed by atoms with E-state index in [4.69, 9.17) is 10.2 Å². The van der Waals surface area contributed by atoms with Crippen LogP contribution < -0.4 is 5.73 Å². The number of furan rings is 1. The van der Waals surface area contributed by atoms with Crippen molar-refractivity contribution in [1.29, 1.82) is 0 Å². The van der Waals surface area contributed by atoms with Crippen molar-refractivity contribution in [3.63, 3.8) is 0 Å². The Balaban J connectivity index is 1.53. The predicted octanol–water partition coefficient (Wildman–Crippen LogP) is 1.39. The number of nitrogens with zero attached hydrogens (tertiary/aromatic N) is 2. The van der Waals surface area contributed by atoms with Gasteiger partial charge in [-0.25, -0.2) is 0 Å². The summed E-state index contributed by atoms with van der Waals surface area (Å²) in [6.45, 7) is 2.13. The van der Waals surface area contributed by atoms with Gasteiger partial charge in [0, 0.05) is 31.9 Å². The zero-order valence-corrected chi connectivity index (χ0v) is 12.8. The van der Waals surface area contributed by atoms with E-state index in [0.29, 0.717) is 44.0 Å². The Morgan fingerprint density at radius 3 is 2.26 bits per heavy atom. The minimum Gasteiger partial charge on any atom is -0.459 e. The minimum absolute atomic E-state index is 0.0693. The molecule has 6 heteroatoms. The Morgan fingerprint density at radius 1 is 1.00 bits per heavy atom. The fourth-order valence-corrected chi connectivity index (χ4v) is 2.64. The highest BCUT2D eigenvalue weighted by molar-refractivity contribution is 5.91. The standard InChI is InChI=1S/C17H19N3O3/c18-14-5-3-13(4-6-14)12-16(21)19-7-9-20(10-8-19)17(22)15-2-1-11-23-15/h1-6,11H,7-10,12,18H2. The van der Waals surface area contributed by atoms with Gasteiger partial charge in [-0.15, -0.1) is 0 Å². The fraction of sp³-hybridized carbons (Fsp3) is 0.294. The maximum absolute atomic E-state index is 12.3. The molecule has 23 heavy (non-hydrogen) atoms. The van der Waals surface area contributed by atoms with Gasteiger partial charge in [-0.2, -0.15) is 0 Å². The topological polar surface area (TPSA) is 79.8 Å². The molecule has 0 spiro atoms. The van der Waals surface area contributed by atoms with E-state index in [1.165, 1.54) is 6.26 Å². The molecule has 1 aromatic heterocycles. The molecule has 2 amide bonds. The molecule has 0 atom stereocenters. The molecule has 2 N–H and O–H groups in total. The largest absolute Gasteiger partial charge is 0.459 e. The van der Waals surface area contributed by atoms with Crippen molar-refractivity contribution in [2.24, 2.45) is 0 Å². The zero-order chi connectivity index (χ0) is 16.2. The van der Waals surface area contributed by atoms with Crippen LogP contribution in [-0.4, -0.2) is 47.8 Å². The third-order valence-electron chi connectivity index (χ3n) is 3.99. The van der Waals surface area contributed by atoms with Gasteiger partial charge in [0.05, 0.1) is 12.7 Å².